The molecule has 1 fully saturated rings. The summed E-state index contributed by atoms with van der Waals surface area (Å²) in [5.41, 5.74) is 0. The van der Waals surface area contributed by atoms with Gasteiger partial charge in [-0.15, -0.1) is 0 Å². The molecule has 0 saturated heterocycles. The third-order valence-corrected chi connectivity index (χ3v) is 3.17. The van der Waals surface area contributed by atoms with Crippen LogP contribution in [0.3, 0.4) is 0 Å². The highest BCUT2D eigenvalue weighted by Gasteiger charge is 2.23. The van der Waals surface area contributed by atoms with Gasteiger partial charge in [0.1, 0.15) is 0 Å². The van der Waals surface area contributed by atoms with Gasteiger partial charge in [0.05, 0.1) is 0 Å². The zero-order valence-corrected chi connectivity index (χ0v) is 8.74. The lowest BCUT2D eigenvalue weighted by atomic mass is 9.83. The lowest BCUT2D eigenvalue weighted by Crippen LogP contribution is -2.32. The molecule has 86 valence electrons. The Balaban J connectivity index is 2.58. The van der Waals surface area contributed by atoms with Crippen LogP contribution in [-0.2, 0) is 9.59 Å². The Morgan fingerprint density at radius 2 is 1.27 bits per heavy atom. The van der Waals surface area contributed by atoms with Crippen molar-refractivity contribution in [2.75, 3.05) is 0 Å². The summed E-state index contributed by atoms with van der Waals surface area (Å²) in [6, 6.07) is 0. The zero-order chi connectivity index (χ0) is 11.3. The van der Waals surface area contributed by atoms with Crippen molar-refractivity contribution in [3.05, 3.63) is 0 Å². The summed E-state index contributed by atoms with van der Waals surface area (Å²) in [7, 11) is 0. The lowest BCUT2D eigenvalue weighted by molar-refractivity contribution is -0.311. The molecule has 1 saturated carbocycles. The molecular weight excluding hydrogens is 196 g/mol. The normalized spacial score (nSPS) is 26.9. The highest BCUT2D eigenvalue weighted by atomic mass is 16.4. The maximum atomic E-state index is 10.5. The van der Waals surface area contributed by atoms with Crippen LogP contribution >= 0.6 is 0 Å². The predicted octanol–water partition coefficient (Wildman–Crippen LogP) is -0.537. The fourth-order valence-electron chi connectivity index (χ4n) is 2.43. The summed E-state index contributed by atoms with van der Waals surface area (Å²) in [6.45, 7) is 0. The standard InChI is InChI=1S/C11H18O4/c12-10(13)6-8-4-2-1-3-5-9(8)7-11(14)15/h8-9H,1-7H2,(H,12,13)(H,14,15)/p-2/t8-,9-/m1/s1. The molecule has 0 aliphatic heterocycles. The van der Waals surface area contributed by atoms with Crippen molar-refractivity contribution in [2.24, 2.45) is 11.8 Å². The molecule has 0 bridgehead atoms. The van der Waals surface area contributed by atoms with E-state index < -0.39 is 11.9 Å². The van der Waals surface area contributed by atoms with Gasteiger partial charge >= 0.3 is 0 Å². The second-order valence-electron chi connectivity index (χ2n) is 4.31. The third kappa shape index (κ3) is 4.32. The molecule has 1 aliphatic carbocycles. The molecule has 2 atom stereocenters. The average molecular weight is 212 g/mol. The third-order valence-electron chi connectivity index (χ3n) is 3.17. The minimum atomic E-state index is -1.08. The molecule has 0 amide bonds. The Kier molecular flexibility index (Phi) is 4.59. The first-order valence-electron chi connectivity index (χ1n) is 5.49. The second kappa shape index (κ2) is 5.73. The van der Waals surface area contributed by atoms with Crippen LogP contribution in [0, 0.1) is 11.8 Å². The number of carboxylic acid groups (broad SMARTS) is 2. The summed E-state index contributed by atoms with van der Waals surface area (Å²) in [5.74, 6) is -2.25. The van der Waals surface area contributed by atoms with E-state index >= 15 is 0 Å². The van der Waals surface area contributed by atoms with Crippen molar-refractivity contribution < 1.29 is 19.8 Å². The largest absolute Gasteiger partial charge is 0.550 e. The number of carbonyl (C=O) groups excluding carboxylic acids is 2. The molecule has 0 heterocycles. The Morgan fingerprint density at radius 3 is 1.60 bits per heavy atom. The van der Waals surface area contributed by atoms with Gasteiger partial charge in [-0.25, -0.2) is 0 Å². The number of carboxylic acids is 2. The van der Waals surface area contributed by atoms with Gasteiger partial charge in [-0.05, 0) is 37.5 Å². The van der Waals surface area contributed by atoms with E-state index in [-0.39, 0.29) is 24.7 Å². The monoisotopic (exact) mass is 212 g/mol. The highest BCUT2D eigenvalue weighted by Crippen LogP contribution is 2.32. The van der Waals surface area contributed by atoms with Crippen LogP contribution < -0.4 is 10.2 Å². The van der Waals surface area contributed by atoms with Crippen LogP contribution in [0.2, 0.25) is 0 Å². The molecule has 1 aliphatic rings. The number of rotatable bonds is 4. The summed E-state index contributed by atoms with van der Waals surface area (Å²) in [5, 5.41) is 21.1. The Morgan fingerprint density at radius 1 is 0.867 bits per heavy atom. The van der Waals surface area contributed by atoms with E-state index in [0.717, 1.165) is 32.1 Å². The minimum absolute atomic E-state index is 0.0159. The first-order chi connectivity index (χ1) is 7.09. The molecule has 0 unspecified atom stereocenters. The van der Waals surface area contributed by atoms with Crippen molar-refractivity contribution in [3.63, 3.8) is 0 Å². The number of hydrogen-bond acceptors (Lipinski definition) is 4. The van der Waals surface area contributed by atoms with E-state index in [1.807, 2.05) is 0 Å². The van der Waals surface area contributed by atoms with Gasteiger partial charge in [0.2, 0.25) is 0 Å². The van der Waals surface area contributed by atoms with Gasteiger partial charge in [-0.2, -0.15) is 0 Å². The molecule has 0 aromatic heterocycles. The van der Waals surface area contributed by atoms with E-state index in [4.69, 9.17) is 0 Å². The van der Waals surface area contributed by atoms with Crippen LogP contribution in [0.1, 0.15) is 44.9 Å². The molecule has 15 heavy (non-hydrogen) atoms. The van der Waals surface area contributed by atoms with Crippen LogP contribution in [0.5, 0.6) is 0 Å². The summed E-state index contributed by atoms with van der Waals surface area (Å²) in [6.07, 6.45) is 4.60. The fraction of sp³-hybridized carbons (Fsp3) is 0.818. The topological polar surface area (TPSA) is 80.3 Å². The van der Waals surface area contributed by atoms with Crippen LogP contribution in [0.4, 0.5) is 0 Å². The van der Waals surface area contributed by atoms with Gasteiger partial charge in [0.15, 0.2) is 0 Å². The molecule has 0 spiro atoms. The predicted molar refractivity (Wildman–Crippen MR) is 49.3 cm³/mol. The van der Waals surface area contributed by atoms with Gasteiger partial charge in [0.25, 0.3) is 0 Å². The first kappa shape index (κ1) is 12.0. The fourth-order valence-corrected chi connectivity index (χ4v) is 2.43. The number of aliphatic carboxylic acids is 2. The summed E-state index contributed by atoms with van der Waals surface area (Å²) in [4.78, 5) is 21.1. The number of carbonyl (C=O) groups is 2. The van der Waals surface area contributed by atoms with Crippen molar-refractivity contribution in [3.8, 4) is 0 Å². The van der Waals surface area contributed by atoms with Gasteiger partial charge in [0, 0.05) is 11.9 Å². The Hall–Kier alpha value is -1.06. The smallest absolute Gasteiger partial charge is 0.0417 e. The van der Waals surface area contributed by atoms with E-state index in [0.29, 0.717) is 0 Å². The summed E-state index contributed by atoms with van der Waals surface area (Å²) >= 11 is 0. The van der Waals surface area contributed by atoms with Crippen LogP contribution in [0.15, 0.2) is 0 Å². The molecule has 0 radical (unpaired) electrons. The van der Waals surface area contributed by atoms with Gasteiger partial charge in [-0.3, -0.25) is 0 Å². The molecule has 0 aromatic rings. The highest BCUT2D eigenvalue weighted by molar-refractivity contribution is 5.66. The zero-order valence-electron chi connectivity index (χ0n) is 8.74. The Bertz CT molecular complexity index is 213. The molecule has 4 heteroatoms. The van der Waals surface area contributed by atoms with E-state index in [9.17, 15) is 19.8 Å². The minimum Gasteiger partial charge on any atom is -0.550 e. The quantitative estimate of drug-likeness (QED) is 0.586. The van der Waals surface area contributed by atoms with E-state index in [1.165, 1.54) is 0 Å². The number of hydrogen-bond donors (Lipinski definition) is 0. The maximum absolute atomic E-state index is 10.5. The Labute approximate surface area is 89.3 Å². The SMILES string of the molecule is O=C([O-])C[C@H]1CCCCC[C@@H]1CC(=O)[O-]. The van der Waals surface area contributed by atoms with Crippen LogP contribution in [0.25, 0.3) is 0 Å². The van der Waals surface area contributed by atoms with Crippen molar-refractivity contribution in [2.45, 2.75) is 44.9 Å². The lowest BCUT2D eigenvalue weighted by Gasteiger charge is -2.25. The molecule has 1 rings (SSSR count). The molecule has 4 nitrogen and oxygen atoms in total. The van der Waals surface area contributed by atoms with Crippen molar-refractivity contribution in [1.82, 2.24) is 0 Å². The second-order valence-corrected chi connectivity index (χ2v) is 4.31. The molecular formula is C11H16O4-2. The summed E-state index contributed by atoms with van der Waals surface area (Å²) < 4.78 is 0. The van der Waals surface area contributed by atoms with Crippen molar-refractivity contribution in [1.29, 1.82) is 0 Å². The molecule has 0 aromatic carbocycles. The van der Waals surface area contributed by atoms with E-state index in [2.05, 4.69) is 0 Å². The molecule has 0 N–H and O–H groups in total. The average Bonchev–Trinajstić information content (AvgIpc) is 2.30. The van der Waals surface area contributed by atoms with Gasteiger partial charge < -0.3 is 19.8 Å². The van der Waals surface area contributed by atoms with Crippen LogP contribution in [-0.4, -0.2) is 11.9 Å². The van der Waals surface area contributed by atoms with E-state index in [1.54, 1.807) is 0 Å². The van der Waals surface area contributed by atoms with Crippen molar-refractivity contribution >= 4 is 11.9 Å². The first-order valence-corrected chi connectivity index (χ1v) is 5.49. The van der Waals surface area contributed by atoms with Gasteiger partial charge in [-0.1, -0.05) is 19.3 Å². The maximum Gasteiger partial charge on any atom is 0.0417 e.